The van der Waals surface area contributed by atoms with Crippen LogP contribution in [-0.2, 0) is 11.2 Å². The predicted octanol–water partition coefficient (Wildman–Crippen LogP) is 3.06. The van der Waals surface area contributed by atoms with Gasteiger partial charge in [0, 0.05) is 18.4 Å². The van der Waals surface area contributed by atoms with Crippen LogP contribution in [0.1, 0.15) is 49.7 Å². The summed E-state index contributed by atoms with van der Waals surface area (Å²) in [6, 6.07) is 9.05. The van der Waals surface area contributed by atoms with Crippen LogP contribution in [0.4, 0.5) is 0 Å². The van der Waals surface area contributed by atoms with E-state index in [-0.39, 0.29) is 5.92 Å². The van der Waals surface area contributed by atoms with Gasteiger partial charge in [-0.2, -0.15) is 0 Å². The van der Waals surface area contributed by atoms with E-state index < -0.39 is 0 Å². The predicted molar refractivity (Wildman–Crippen MR) is 77.3 cm³/mol. The average molecular weight is 257 g/mol. The Balaban J connectivity index is 1.72. The van der Waals surface area contributed by atoms with Gasteiger partial charge in [0.25, 0.3) is 0 Å². The molecule has 2 heteroatoms. The van der Waals surface area contributed by atoms with Crippen LogP contribution in [0, 0.1) is 5.92 Å². The van der Waals surface area contributed by atoms with Gasteiger partial charge in [0.2, 0.25) is 0 Å². The fourth-order valence-electron chi connectivity index (χ4n) is 3.76. The highest BCUT2D eigenvalue weighted by molar-refractivity contribution is 5.83. The number of carbonyl (C=O) groups is 1. The first-order chi connectivity index (χ1) is 9.25. The number of Topliss-reactive ketones (excluding diaryl/α,β-unsaturated/α-hetero) is 1. The van der Waals surface area contributed by atoms with E-state index in [9.17, 15) is 4.79 Å². The normalized spacial score (nSPS) is 30.1. The van der Waals surface area contributed by atoms with Crippen LogP contribution >= 0.6 is 0 Å². The largest absolute Gasteiger partial charge is 0.314 e. The monoisotopic (exact) mass is 257 g/mol. The molecular weight excluding hydrogens is 234 g/mol. The highest BCUT2D eigenvalue weighted by atomic mass is 16.1. The topological polar surface area (TPSA) is 29.1 Å². The maximum atomic E-state index is 12.5. The minimum absolute atomic E-state index is 0.245. The van der Waals surface area contributed by atoms with Gasteiger partial charge in [-0.25, -0.2) is 0 Å². The number of fused-ring (bicyclic) bond motifs is 1. The maximum Gasteiger partial charge on any atom is 0.138 e. The Hall–Kier alpha value is -1.15. The lowest BCUT2D eigenvalue weighted by molar-refractivity contribution is -0.123. The Labute approximate surface area is 115 Å². The van der Waals surface area contributed by atoms with E-state index in [1.165, 1.54) is 30.4 Å². The second-order valence-electron chi connectivity index (χ2n) is 6.10. The zero-order valence-electron chi connectivity index (χ0n) is 11.7. The fraction of sp³-hybridized carbons (Fsp3) is 0.588. The summed E-state index contributed by atoms with van der Waals surface area (Å²) >= 11 is 0. The molecule has 1 saturated heterocycles. The number of ketones is 1. The molecular formula is C17H23NO. The molecule has 3 unspecified atom stereocenters. The molecule has 0 radical (unpaired) electrons. The Bertz CT molecular complexity index is 468. The highest BCUT2D eigenvalue weighted by Crippen LogP contribution is 2.35. The zero-order chi connectivity index (χ0) is 13.2. The number of aryl methyl sites for hydroxylation is 1. The molecule has 0 saturated carbocycles. The minimum Gasteiger partial charge on any atom is -0.314 e. The van der Waals surface area contributed by atoms with E-state index in [0.29, 0.717) is 17.7 Å². The standard InChI is InChI=1S/C17H23NO/c1-12-15(9-10-18-12)17(19)11-14-7-4-6-13-5-2-3-8-16(13)14/h2-3,5,8,12,14-15,18H,4,6-7,9-11H2,1H3. The van der Waals surface area contributed by atoms with Gasteiger partial charge in [-0.05, 0) is 56.2 Å². The zero-order valence-corrected chi connectivity index (χ0v) is 11.7. The molecule has 3 rings (SSSR count). The summed E-state index contributed by atoms with van der Waals surface area (Å²) in [6.45, 7) is 3.14. The summed E-state index contributed by atoms with van der Waals surface area (Å²) in [7, 11) is 0. The minimum atomic E-state index is 0.245. The van der Waals surface area contributed by atoms with Gasteiger partial charge in [0.15, 0.2) is 0 Å². The first kappa shape index (κ1) is 12.9. The average Bonchev–Trinajstić information content (AvgIpc) is 2.85. The van der Waals surface area contributed by atoms with E-state index in [1.807, 2.05) is 0 Å². The van der Waals surface area contributed by atoms with E-state index in [4.69, 9.17) is 0 Å². The molecule has 0 aromatic heterocycles. The summed E-state index contributed by atoms with van der Waals surface area (Å²) in [4.78, 5) is 12.5. The van der Waals surface area contributed by atoms with Crippen LogP contribution in [0.5, 0.6) is 0 Å². The lowest BCUT2D eigenvalue weighted by Crippen LogP contribution is -2.29. The molecule has 0 amide bonds. The van der Waals surface area contributed by atoms with Crippen molar-refractivity contribution in [2.24, 2.45) is 5.92 Å². The van der Waals surface area contributed by atoms with Crippen molar-refractivity contribution in [3.63, 3.8) is 0 Å². The lowest BCUT2D eigenvalue weighted by atomic mass is 9.78. The van der Waals surface area contributed by atoms with Gasteiger partial charge < -0.3 is 5.32 Å². The van der Waals surface area contributed by atoms with Crippen molar-refractivity contribution in [3.8, 4) is 0 Å². The highest BCUT2D eigenvalue weighted by Gasteiger charge is 2.31. The van der Waals surface area contributed by atoms with Crippen molar-refractivity contribution in [3.05, 3.63) is 35.4 Å². The lowest BCUT2D eigenvalue weighted by Gasteiger charge is -2.26. The molecule has 1 aliphatic carbocycles. The van der Waals surface area contributed by atoms with E-state index in [1.54, 1.807) is 0 Å². The number of hydrogen-bond acceptors (Lipinski definition) is 2. The van der Waals surface area contributed by atoms with Gasteiger partial charge in [-0.3, -0.25) is 4.79 Å². The molecule has 1 heterocycles. The summed E-state index contributed by atoms with van der Waals surface area (Å²) in [5.41, 5.74) is 2.89. The smallest absolute Gasteiger partial charge is 0.138 e. The molecule has 1 aromatic carbocycles. The van der Waals surface area contributed by atoms with Crippen molar-refractivity contribution < 1.29 is 4.79 Å². The second-order valence-corrected chi connectivity index (χ2v) is 6.10. The quantitative estimate of drug-likeness (QED) is 0.901. The Morgan fingerprint density at radius 2 is 2.16 bits per heavy atom. The molecule has 0 spiro atoms. The molecule has 1 aromatic rings. The van der Waals surface area contributed by atoms with E-state index in [0.717, 1.165) is 19.4 Å². The van der Waals surface area contributed by atoms with Crippen LogP contribution in [0.15, 0.2) is 24.3 Å². The van der Waals surface area contributed by atoms with Crippen LogP contribution in [0.2, 0.25) is 0 Å². The van der Waals surface area contributed by atoms with Gasteiger partial charge in [-0.15, -0.1) is 0 Å². The van der Waals surface area contributed by atoms with Crippen LogP contribution < -0.4 is 5.32 Å². The SMILES string of the molecule is CC1NCCC1C(=O)CC1CCCc2ccccc21. The third-order valence-electron chi connectivity index (χ3n) is 4.88. The molecule has 1 N–H and O–H groups in total. The first-order valence-electron chi connectivity index (χ1n) is 7.59. The third kappa shape index (κ3) is 2.59. The number of benzene rings is 1. The van der Waals surface area contributed by atoms with Gasteiger partial charge >= 0.3 is 0 Å². The molecule has 19 heavy (non-hydrogen) atoms. The van der Waals surface area contributed by atoms with Crippen LogP contribution in [0.3, 0.4) is 0 Å². The van der Waals surface area contributed by atoms with Crippen LogP contribution in [0.25, 0.3) is 0 Å². The van der Waals surface area contributed by atoms with Gasteiger partial charge in [0.1, 0.15) is 5.78 Å². The van der Waals surface area contributed by atoms with Crippen molar-refractivity contribution in [1.29, 1.82) is 0 Å². The van der Waals surface area contributed by atoms with E-state index >= 15 is 0 Å². The molecule has 1 aliphatic heterocycles. The molecule has 3 atom stereocenters. The molecule has 2 aliphatic rings. The van der Waals surface area contributed by atoms with Crippen molar-refractivity contribution >= 4 is 5.78 Å². The summed E-state index contributed by atoms with van der Waals surface area (Å²) in [5, 5.41) is 3.39. The first-order valence-corrected chi connectivity index (χ1v) is 7.59. The van der Waals surface area contributed by atoms with Gasteiger partial charge in [0.05, 0.1) is 0 Å². The van der Waals surface area contributed by atoms with Crippen molar-refractivity contribution in [2.45, 2.75) is 51.0 Å². The summed E-state index contributed by atoms with van der Waals surface area (Å²) < 4.78 is 0. The Morgan fingerprint density at radius 1 is 1.32 bits per heavy atom. The van der Waals surface area contributed by atoms with Crippen molar-refractivity contribution in [1.82, 2.24) is 5.32 Å². The molecule has 1 fully saturated rings. The Morgan fingerprint density at radius 3 is 2.95 bits per heavy atom. The number of rotatable bonds is 3. The van der Waals surface area contributed by atoms with Crippen LogP contribution in [-0.4, -0.2) is 18.4 Å². The van der Waals surface area contributed by atoms with Gasteiger partial charge in [-0.1, -0.05) is 24.3 Å². The number of hydrogen-bond donors (Lipinski definition) is 1. The van der Waals surface area contributed by atoms with Crippen molar-refractivity contribution in [2.75, 3.05) is 6.54 Å². The number of carbonyl (C=O) groups excluding carboxylic acids is 1. The second kappa shape index (κ2) is 5.46. The molecule has 2 nitrogen and oxygen atoms in total. The molecule has 102 valence electrons. The summed E-state index contributed by atoms with van der Waals surface area (Å²) in [6.07, 6.45) is 5.36. The maximum absolute atomic E-state index is 12.5. The number of nitrogens with one attached hydrogen (secondary N) is 1. The fourth-order valence-corrected chi connectivity index (χ4v) is 3.76. The third-order valence-corrected chi connectivity index (χ3v) is 4.88. The summed E-state index contributed by atoms with van der Waals surface area (Å²) in [5.74, 6) is 1.18. The molecule has 0 bridgehead atoms. The van der Waals surface area contributed by atoms with E-state index in [2.05, 4.69) is 36.5 Å². The Kier molecular flexibility index (Phi) is 3.69.